The monoisotopic (exact) mass is 422 g/mol. The SMILES string of the molecule is CCNC(=NCc1ccc([N+](=O)[O-])cc1)NCCOCC.I. The van der Waals surface area contributed by atoms with E-state index in [2.05, 4.69) is 15.6 Å². The minimum absolute atomic E-state index is 0. The number of ether oxygens (including phenoxy) is 1. The lowest BCUT2D eigenvalue weighted by molar-refractivity contribution is -0.384. The average Bonchev–Trinajstić information content (AvgIpc) is 2.49. The maximum atomic E-state index is 10.6. The molecule has 2 N–H and O–H groups in total. The third-order valence-corrected chi connectivity index (χ3v) is 2.65. The van der Waals surface area contributed by atoms with Gasteiger partial charge in [-0.15, -0.1) is 24.0 Å². The Balaban J connectivity index is 0.00000441. The van der Waals surface area contributed by atoms with Gasteiger partial charge < -0.3 is 15.4 Å². The van der Waals surface area contributed by atoms with Crippen molar-refractivity contribution in [3.05, 3.63) is 39.9 Å². The number of guanidine groups is 1. The number of non-ortho nitro benzene ring substituents is 1. The van der Waals surface area contributed by atoms with Crippen LogP contribution in [0.2, 0.25) is 0 Å². The zero-order chi connectivity index (χ0) is 15.5. The second-order valence-corrected chi connectivity index (χ2v) is 4.24. The van der Waals surface area contributed by atoms with Crippen LogP contribution in [0, 0.1) is 10.1 Å². The highest BCUT2D eigenvalue weighted by atomic mass is 127. The number of nitrogens with zero attached hydrogens (tertiary/aromatic N) is 2. The standard InChI is InChI=1S/C14H22N4O3.HI/c1-3-15-14(16-9-10-21-4-2)17-11-12-5-7-13(8-6-12)18(19)20;/h5-8H,3-4,9-11H2,1-2H3,(H2,15,16,17);1H. The van der Waals surface area contributed by atoms with Gasteiger partial charge in [0.1, 0.15) is 0 Å². The molecule has 0 radical (unpaired) electrons. The van der Waals surface area contributed by atoms with Crippen LogP contribution < -0.4 is 10.6 Å². The van der Waals surface area contributed by atoms with E-state index in [0.717, 1.165) is 12.1 Å². The minimum atomic E-state index is -0.410. The number of nitrogens with one attached hydrogen (secondary N) is 2. The van der Waals surface area contributed by atoms with Crippen LogP contribution in [-0.2, 0) is 11.3 Å². The van der Waals surface area contributed by atoms with Crippen LogP contribution in [0.15, 0.2) is 29.3 Å². The maximum Gasteiger partial charge on any atom is 0.269 e. The highest BCUT2D eigenvalue weighted by Gasteiger charge is 2.03. The predicted molar refractivity (Wildman–Crippen MR) is 97.8 cm³/mol. The van der Waals surface area contributed by atoms with Crippen LogP contribution in [-0.4, -0.2) is 37.2 Å². The molecular weight excluding hydrogens is 399 g/mol. The summed E-state index contributed by atoms with van der Waals surface area (Å²) < 4.78 is 5.25. The molecule has 0 atom stereocenters. The van der Waals surface area contributed by atoms with E-state index in [0.29, 0.717) is 32.3 Å². The molecule has 124 valence electrons. The molecular formula is C14H23IN4O3. The molecule has 0 aliphatic heterocycles. The summed E-state index contributed by atoms with van der Waals surface area (Å²) >= 11 is 0. The average molecular weight is 422 g/mol. The van der Waals surface area contributed by atoms with Crippen molar-refractivity contribution >= 4 is 35.6 Å². The highest BCUT2D eigenvalue weighted by molar-refractivity contribution is 14.0. The van der Waals surface area contributed by atoms with E-state index < -0.39 is 4.92 Å². The summed E-state index contributed by atoms with van der Waals surface area (Å²) in [5.74, 6) is 0.704. The zero-order valence-electron chi connectivity index (χ0n) is 12.9. The molecule has 0 saturated carbocycles. The first-order valence-corrected chi connectivity index (χ1v) is 7.00. The van der Waals surface area contributed by atoms with E-state index >= 15 is 0 Å². The Labute approximate surface area is 147 Å². The molecule has 0 aromatic heterocycles. The zero-order valence-corrected chi connectivity index (χ0v) is 15.2. The summed E-state index contributed by atoms with van der Waals surface area (Å²) in [7, 11) is 0. The lowest BCUT2D eigenvalue weighted by Crippen LogP contribution is -2.39. The van der Waals surface area contributed by atoms with Crippen LogP contribution in [0.3, 0.4) is 0 Å². The van der Waals surface area contributed by atoms with Crippen molar-refractivity contribution in [3.8, 4) is 0 Å². The van der Waals surface area contributed by atoms with Crippen molar-refractivity contribution in [2.75, 3.05) is 26.3 Å². The van der Waals surface area contributed by atoms with Crippen molar-refractivity contribution in [2.24, 2.45) is 4.99 Å². The normalized spacial score (nSPS) is 10.7. The van der Waals surface area contributed by atoms with Gasteiger partial charge in [-0.25, -0.2) is 4.99 Å². The topological polar surface area (TPSA) is 88.8 Å². The maximum absolute atomic E-state index is 10.6. The van der Waals surface area contributed by atoms with E-state index in [-0.39, 0.29) is 29.7 Å². The summed E-state index contributed by atoms with van der Waals surface area (Å²) in [6, 6.07) is 6.40. The molecule has 0 amide bonds. The van der Waals surface area contributed by atoms with Crippen LogP contribution in [0.4, 0.5) is 5.69 Å². The van der Waals surface area contributed by atoms with Crippen molar-refractivity contribution < 1.29 is 9.66 Å². The first-order valence-electron chi connectivity index (χ1n) is 7.00. The Kier molecular flexibility index (Phi) is 11.4. The van der Waals surface area contributed by atoms with Gasteiger partial charge in [0.25, 0.3) is 5.69 Å². The molecule has 1 aromatic carbocycles. The summed E-state index contributed by atoms with van der Waals surface area (Å²) in [4.78, 5) is 14.6. The molecule has 8 heteroatoms. The number of rotatable bonds is 8. The molecule has 0 spiro atoms. The first kappa shape index (κ1) is 20.6. The fourth-order valence-corrected chi connectivity index (χ4v) is 1.62. The summed E-state index contributed by atoms with van der Waals surface area (Å²) in [6.45, 7) is 7.17. The molecule has 0 aliphatic rings. The Hall–Kier alpha value is -1.42. The molecule has 22 heavy (non-hydrogen) atoms. The van der Waals surface area contributed by atoms with Crippen molar-refractivity contribution in [1.29, 1.82) is 0 Å². The summed E-state index contributed by atoms with van der Waals surface area (Å²) in [5.41, 5.74) is 1.01. The van der Waals surface area contributed by atoms with Gasteiger partial charge in [0.15, 0.2) is 5.96 Å². The second-order valence-electron chi connectivity index (χ2n) is 4.24. The van der Waals surface area contributed by atoms with Crippen LogP contribution in [0.5, 0.6) is 0 Å². The minimum Gasteiger partial charge on any atom is -0.380 e. The quantitative estimate of drug-likeness (QED) is 0.168. The molecule has 0 aliphatic carbocycles. The fourth-order valence-electron chi connectivity index (χ4n) is 1.62. The number of hydrogen-bond acceptors (Lipinski definition) is 4. The van der Waals surface area contributed by atoms with Gasteiger partial charge in [-0.2, -0.15) is 0 Å². The van der Waals surface area contributed by atoms with E-state index in [1.54, 1.807) is 12.1 Å². The Morgan fingerprint density at radius 2 is 1.95 bits per heavy atom. The Morgan fingerprint density at radius 1 is 1.27 bits per heavy atom. The molecule has 0 saturated heterocycles. The van der Waals surface area contributed by atoms with E-state index in [9.17, 15) is 10.1 Å². The molecule has 7 nitrogen and oxygen atoms in total. The number of hydrogen-bond donors (Lipinski definition) is 2. The summed E-state index contributed by atoms with van der Waals surface area (Å²) in [6.07, 6.45) is 0. The van der Waals surface area contributed by atoms with Crippen LogP contribution in [0.1, 0.15) is 19.4 Å². The molecule has 0 fully saturated rings. The highest BCUT2D eigenvalue weighted by Crippen LogP contribution is 2.12. The van der Waals surface area contributed by atoms with E-state index in [1.807, 2.05) is 13.8 Å². The van der Waals surface area contributed by atoms with Gasteiger partial charge in [-0.05, 0) is 19.4 Å². The van der Waals surface area contributed by atoms with Crippen molar-refractivity contribution in [3.63, 3.8) is 0 Å². The molecule has 0 bridgehead atoms. The predicted octanol–water partition coefficient (Wildman–Crippen LogP) is 2.30. The van der Waals surface area contributed by atoms with Crippen LogP contribution >= 0.6 is 24.0 Å². The molecule has 1 rings (SSSR count). The largest absolute Gasteiger partial charge is 0.380 e. The molecule has 0 heterocycles. The second kappa shape index (κ2) is 12.2. The Bertz CT molecular complexity index is 466. The number of nitro groups is 1. The van der Waals surface area contributed by atoms with Gasteiger partial charge >= 0.3 is 0 Å². The molecule has 0 unspecified atom stereocenters. The first-order chi connectivity index (χ1) is 10.2. The number of halogens is 1. The van der Waals surface area contributed by atoms with E-state index in [1.165, 1.54) is 12.1 Å². The third kappa shape index (κ3) is 8.13. The lowest BCUT2D eigenvalue weighted by Gasteiger charge is -2.11. The molecule has 1 aromatic rings. The Morgan fingerprint density at radius 3 is 2.50 bits per heavy atom. The lowest BCUT2D eigenvalue weighted by atomic mass is 10.2. The van der Waals surface area contributed by atoms with Gasteiger partial charge in [0.2, 0.25) is 0 Å². The number of benzene rings is 1. The smallest absolute Gasteiger partial charge is 0.269 e. The third-order valence-electron chi connectivity index (χ3n) is 2.65. The van der Waals surface area contributed by atoms with Crippen LogP contribution in [0.25, 0.3) is 0 Å². The fraction of sp³-hybridized carbons (Fsp3) is 0.500. The van der Waals surface area contributed by atoms with Gasteiger partial charge in [-0.3, -0.25) is 10.1 Å². The number of aliphatic imine (C=N–C) groups is 1. The van der Waals surface area contributed by atoms with Gasteiger partial charge in [0.05, 0.1) is 18.1 Å². The van der Waals surface area contributed by atoms with Gasteiger partial charge in [-0.1, -0.05) is 12.1 Å². The van der Waals surface area contributed by atoms with Crippen molar-refractivity contribution in [2.45, 2.75) is 20.4 Å². The number of nitro benzene ring substituents is 1. The van der Waals surface area contributed by atoms with Gasteiger partial charge in [0, 0.05) is 31.8 Å². The van der Waals surface area contributed by atoms with E-state index in [4.69, 9.17) is 4.74 Å². The van der Waals surface area contributed by atoms with Crippen molar-refractivity contribution in [1.82, 2.24) is 10.6 Å². The summed E-state index contributed by atoms with van der Waals surface area (Å²) in [5, 5.41) is 16.9.